The fraction of sp³-hybridized carbons (Fsp3) is 0.0526. The molecule has 0 aliphatic rings. The van der Waals surface area contributed by atoms with Gasteiger partial charge in [-0.25, -0.2) is 4.98 Å². The van der Waals surface area contributed by atoms with Crippen molar-refractivity contribution in [2.45, 2.75) is 6.42 Å². The average Bonchev–Trinajstić information content (AvgIpc) is 3.19. The van der Waals surface area contributed by atoms with Gasteiger partial charge in [0.2, 0.25) is 5.91 Å². The quantitative estimate of drug-likeness (QED) is 0.607. The second-order valence-electron chi connectivity index (χ2n) is 5.44. The Morgan fingerprint density at radius 1 is 1.04 bits per heavy atom. The fourth-order valence-corrected chi connectivity index (χ4v) is 3.37. The Labute approximate surface area is 143 Å². The molecule has 0 atom stereocenters. The summed E-state index contributed by atoms with van der Waals surface area (Å²) in [5.74, 6) is 0.671. The molecule has 4 nitrogen and oxygen atoms in total. The number of aromatic nitrogens is 2. The van der Waals surface area contributed by atoms with Gasteiger partial charge in [0.05, 0.1) is 6.42 Å². The van der Waals surface area contributed by atoms with Gasteiger partial charge in [-0.2, -0.15) is 0 Å². The van der Waals surface area contributed by atoms with E-state index in [0.717, 1.165) is 27.6 Å². The van der Waals surface area contributed by atoms with E-state index in [0.29, 0.717) is 6.42 Å². The van der Waals surface area contributed by atoms with E-state index >= 15 is 0 Å². The Morgan fingerprint density at radius 3 is 2.50 bits per heavy atom. The molecule has 1 amide bonds. The number of hydrogen-bond donors (Lipinski definition) is 1. The van der Waals surface area contributed by atoms with Gasteiger partial charge in [0, 0.05) is 17.1 Å². The first-order valence-corrected chi connectivity index (χ1v) is 8.54. The van der Waals surface area contributed by atoms with Crippen LogP contribution in [0.2, 0.25) is 0 Å². The zero-order valence-electron chi connectivity index (χ0n) is 12.8. The van der Waals surface area contributed by atoms with E-state index in [2.05, 4.69) is 10.3 Å². The summed E-state index contributed by atoms with van der Waals surface area (Å²) in [5.41, 5.74) is 2.77. The third kappa shape index (κ3) is 2.81. The minimum absolute atomic E-state index is 0.0496. The number of carbonyl (C=O) groups excluding carboxylic acids is 1. The first-order chi connectivity index (χ1) is 11.8. The summed E-state index contributed by atoms with van der Waals surface area (Å²) in [5, 5.41) is 5.00. The van der Waals surface area contributed by atoms with Crippen molar-refractivity contribution in [3.05, 3.63) is 77.8 Å². The molecule has 0 spiro atoms. The topological polar surface area (TPSA) is 46.4 Å². The highest BCUT2D eigenvalue weighted by molar-refractivity contribution is 7.15. The fourth-order valence-electron chi connectivity index (χ4n) is 2.66. The van der Waals surface area contributed by atoms with Crippen LogP contribution in [0.3, 0.4) is 0 Å². The van der Waals surface area contributed by atoms with E-state index < -0.39 is 0 Å². The van der Waals surface area contributed by atoms with Crippen molar-refractivity contribution in [2.75, 3.05) is 5.32 Å². The molecule has 1 N–H and O–H groups in total. The Balaban J connectivity index is 1.68. The van der Waals surface area contributed by atoms with Gasteiger partial charge >= 0.3 is 0 Å². The number of amides is 1. The summed E-state index contributed by atoms with van der Waals surface area (Å²) in [6.45, 7) is 0. The van der Waals surface area contributed by atoms with Crippen molar-refractivity contribution in [2.24, 2.45) is 0 Å². The van der Waals surface area contributed by atoms with Gasteiger partial charge in [-0.05, 0) is 5.56 Å². The standard InChI is InChI=1S/C19H15N3OS/c23-16(13-14-7-3-1-4-8-14)20-18-17(15-9-5-2-6-10-15)21-19-22(18)11-12-24-19/h1-12H,13H2,(H,20,23). The van der Waals surface area contributed by atoms with E-state index in [1.165, 1.54) is 0 Å². The summed E-state index contributed by atoms with van der Waals surface area (Å²) >= 11 is 1.55. The molecule has 0 radical (unpaired) electrons. The predicted molar refractivity (Wildman–Crippen MR) is 97.3 cm³/mol. The molecule has 2 heterocycles. The predicted octanol–water partition coefficient (Wildman–Crippen LogP) is 4.24. The molecule has 0 aliphatic heterocycles. The van der Waals surface area contributed by atoms with Crippen molar-refractivity contribution in [1.29, 1.82) is 0 Å². The van der Waals surface area contributed by atoms with Crippen molar-refractivity contribution >= 4 is 28.0 Å². The first-order valence-electron chi connectivity index (χ1n) is 7.66. The molecule has 24 heavy (non-hydrogen) atoms. The Kier molecular flexibility index (Phi) is 3.84. The highest BCUT2D eigenvalue weighted by Crippen LogP contribution is 2.30. The number of thiazole rings is 1. The monoisotopic (exact) mass is 333 g/mol. The van der Waals surface area contributed by atoms with Crippen molar-refractivity contribution in [3.8, 4) is 11.3 Å². The maximum atomic E-state index is 12.5. The number of carbonyl (C=O) groups is 1. The van der Waals surface area contributed by atoms with Crippen molar-refractivity contribution in [1.82, 2.24) is 9.38 Å². The Bertz CT molecular complexity index is 974. The lowest BCUT2D eigenvalue weighted by Gasteiger charge is -2.07. The average molecular weight is 333 g/mol. The molecule has 0 fully saturated rings. The van der Waals surface area contributed by atoms with E-state index in [-0.39, 0.29) is 5.91 Å². The lowest BCUT2D eigenvalue weighted by atomic mass is 10.1. The molecule has 0 saturated carbocycles. The lowest BCUT2D eigenvalue weighted by Crippen LogP contribution is -2.16. The molecule has 0 bridgehead atoms. The maximum Gasteiger partial charge on any atom is 0.229 e. The van der Waals surface area contributed by atoms with Gasteiger partial charge in [-0.15, -0.1) is 11.3 Å². The van der Waals surface area contributed by atoms with Gasteiger partial charge < -0.3 is 5.32 Å². The minimum atomic E-state index is -0.0496. The van der Waals surface area contributed by atoms with Crippen LogP contribution in [0.4, 0.5) is 5.82 Å². The summed E-state index contributed by atoms with van der Waals surface area (Å²) in [6, 6.07) is 19.6. The molecule has 0 saturated heterocycles. The van der Waals surface area contributed by atoms with Crippen LogP contribution in [0.5, 0.6) is 0 Å². The number of anilines is 1. The lowest BCUT2D eigenvalue weighted by molar-refractivity contribution is -0.115. The van der Waals surface area contributed by atoms with Crippen LogP contribution in [-0.2, 0) is 11.2 Å². The summed E-state index contributed by atoms with van der Waals surface area (Å²) in [6.07, 6.45) is 2.27. The van der Waals surface area contributed by atoms with Gasteiger partial charge in [0.1, 0.15) is 11.5 Å². The van der Waals surface area contributed by atoms with Crippen LogP contribution in [-0.4, -0.2) is 15.3 Å². The van der Waals surface area contributed by atoms with E-state index in [9.17, 15) is 4.79 Å². The number of imidazole rings is 1. The molecule has 4 aromatic rings. The molecule has 0 unspecified atom stereocenters. The van der Waals surface area contributed by atoms with Crippen LogP contribution >= 0.6 is 11.3 Å². The van der Waals surface area contributed by atoms with Crippen LogP contribution < -0.4 is 5.32 Å². The third-order valence-corrected chi connectivity index (χ3v) is 4.53. The van der Waals surface area contributed by atoms with Gasteiger partial charge in [-0.3, -0.25) is 9.20 Å². The number of nitrogens with zero attached hydrogens (tertiary/aromatic N) is 2. The SMILES string of the molecule is O=C(Cc1ccccc1)Nc1c(-c2ccccc2)nc2sccn12. The van der Waals surface area contributed by atoms with Crippen LogP contribution in [0.25, 0.3) is 16.2 Å². The maximum absolute atomic E-state index is 12.5. The molecule has 5 heteroatoms. The number of benzene rings is 2. The van der Waals surface area contributed by atoms with Crippen LogP contribution in [0.1, 0.15) is 5.56 Å². The van der Waals surface area contributed by atoms with E-state index in [1.54, 1.807) is 11.3 Å². The van der Waals surface area contributed by atoms with Crippen LogP contribution in [0.15, 0.2) is 72.2 Å². The number of fused-ring (bicyclic) bond motifs is 1. The molecule has 2 aromatic carbocycles. The molecular formula is C19H15N3OS. The van der Waals surface area contributed by atoms with Gasteiger partial charge in [0.25, 0.3) is 0 Å². The summed E-state index contributed by atoms with van der Waals surface area (Å²) < 4.78 is 1.93. The van der Waals surface area contributed by atoms with Gasteiger partial charge in [-0.1, -0.05) is 60.7 Å². The Hall–Kier alpha value is -2.92. The second-order valence-corrected chi connectivity index (χ2v) is 6.31. The summed E-state index contributed by atoms with van der Waals surface area (Å²) in [7, 11) is 0. The smallest absolute Gasteiger partial charge is 0.229 e. The number of rotatable bonds is 4. The second kappa shape index (κ2) is 6.29. The molecule has 2 aromatic heterocycles. The Morgan fingerprint density at radius 2 is 1.75 bits per heavy atom. The van der Waals surface area contributed by atoms with E-state index in [1.807, 2.05) is 76.6 Å². The minimum Gasteiger partial charge on any atom is -0.310 e. The summed E-state index contributed by atoms with van der Waals surface area (Å²) in [4.78, 5) is 18.0. The normalized spacial score (nSPS) is 10.8. The third-order valence-electron chi connectivity index (χ3n) is 3.77. The highest BCUT2D eigenvalue weighted by atomic mass is 32.1. The molecule has 118 valence electrons. The number of nitrogens with one attached hydrogen (secondary N) is 1. The highest BCUT2D eigenvalue weighted by Gasteiger charge is 2.17. The van der Waals surface area contributed by atoms with Crippen LogP contribution in [0, 0.1) is 0 Å². The van der Waals surface area contributed by atoms with Crippen molar-refractivity contribution in [3.63, 3.8) is 0 Å². The van der Waals surface area contributed by atoms with Gasteiger partial charge in [0.15, 0.2) is 4.96 Å². The molecule has 0 aliphatic carbocycles. The first kappa shape index (κ1) is 14.7. The van der Waals surface area contributed by atoms with E-state index in [4.69, 9.17) is 0 Å². The number of hydrogen-bond acceptors (Lipinski definition) is 3. The molecule has 4 rings (SSSR count). The zero-order chi connectivity index (χ0) is 16.4. The van der Waals surface area contributed by atoms with Crippen molar-refractivity contribution < 1.29 is 4.79 Å². The zero-order valence-corrected chi connectivity index (χ0v) is 13.7. The molecular weight excluding hydrogens is 318 g/mol. The largest absolute Gasteiger partial charge is 0.310 e.